The van der Waals surface area contributed by atoms with Crippen molar-refractivity contribution in [2.75, 3.05) is 26.8 Å². The summed E-state index contributed by atoms with van der Waals surface area (Å²) < 4.78 is 11.5. The second kappa shape index (κ2) is 7.60. The van der Waals surface area contributed by atoms with Crippen molar-refractivity contribution in [2.45, 2.75) is 18.9 Å². The first-order valence-corrected chi connectivity index (χ1v) is 7.72. The zero-order chi connectivity index (χ0) is 16.1. The van der Waals surface area contributed by atoms with Crippen LogP contribution in [0.4, 0.5) is 0 Å². The lowest BCUT2D eigenvalue weighted by molar-refractivity contribution is -0.147. The van der Waals surface area contributed by atoms with Crippen molar-refractivity contribution in [3.05, 3.63) is 28.2 Å². The predicted molar refractivity (Wildman–Crippen MR) is 83.0 cm³/mol. The minimum Gasteiger partial charge on any atom is -0.496 e. The van der Waals surface area contributed by atoms with E-state index in [2.05, 4.69) is 15.9 Å². The smallest absolute Gasteiger partial charge is 0.306 e. The average molecular weight is 372 g/mol. The summed E-state index contributed by atoms with van der Waals surface area (Å²) in [5.41, 5.74) is 0.795. The maximum absolute atomic E-state index is 12.4. The van der Waals surface area contributed by atoms with E-state index >= 15 is 0 Å². The van der Waals surface area contributed by atoms with Crippen molar-refractivity contribution in [1.82, 2.24) is 4.90 Å². The number of halogens is 1. The van der Waals surface area contributed by atoms with Crippen molar-refractivity contribution in [3.8, 4) is 5.75 Å². The maximum atomic E-state index is 12.4. The number of hydrogen-bond acceptors (Lipinski definition) is 4. The Labute approximate surface area is 137 Å². The Morgan fingerprint density at radius 3 is 2.95 bits per heavy atom. The SMILES string of the molecule is COc1ccc(Br)cc1CC(=O)N1CCOC(CC(=O)O)C1. The van der Waals surface area contributed by atoms with Gasteiger partial charge in [-0.05, 0) is 18.2 Å². The van der Waals surface area contributed by atoms with Crippen LogP contribution in [-0.4, -0.2) is 54.8 Å². The van der Waals surface area contributed by atoms with Gasteiger partial charge in [0.1, 0.15) is 5.75 Å². The van der Waals surface area contributed by atoms with Crippen molar-refractivity contribution in [3.63, 3.8) is 0 Å². The molecule has 0 saturated carbocycles. The van der Waals surface area contributed by atoms with Crippen molar-refractivity contribution in [2.24, 2.45) is 0 Å². The van der Waals surface area contributed by atoms with E-state index in [9.17, 15) is 9.59 Å². The number of carboxylic acid groups (broad SMARTS) is 1. The number of rotatable bonds is 5. The second-order valence-electron chi connectivity index (χ2n) is 5.06. The third-order valence-electron chi connectivity index (χ3n) is 3.48. The molecule has 1 saturated heterocycles. The molecule has 6 nitrogen and oxygen atoms in total. The second-order valence-corrected chi connectivity index (χ2v) is 5.98. The number of hydrogen-bond donors (Lipinski definition) is 1. The minimum absolute atomic E-state index is 0.0601. The molecule has 1 atom stereocenters. The summed E-state index contributed by atoms with van der Waals surface area (Å²) in [6.07, 6.45) is -0.327. The van der Waals surface area contributed by atoms with Gasteiger partial charge in [-0.15, -0.1) is 0 Å². The highest BCUT2D eigenvalue weighted by molar-refractivity contribution is 9.10. The molecule has 1 amide bonds. The molecule has 0 aliphatic carbocycles. The number of morpholine rings is 1. The predicted octanol–water partition coefficient (Wildman–Crippen LogP) is 1.70. The highest BCUT2D eigenvalue weighted by Gasteiger charge is 2.26. The van der Waals surface area contributed by atoms with Gasteiger partial charge in [-0.2, -0.15) is 0 Å². The van der Waals surface area contributed by atoms with Crippen LogP contribution in [0.3, 0.4) is 0 Å². The molecule has 1 aromatic carbocycles. The lowest BCUT2D eigenvalue weighted by Crippen LogP contribution is -2.46. The third kappa shape index (κ3) is 4.45. The molecule has 1 aliphatic heterocycles. The Hall–Kier alpha value is -1.60. The molecule has 7 heteroatoms. The number of ether oxygens (including phenoxy) is 2. The van der Waals surface area contributed by atoms with E-state index in [1.54, 1.807) is 18.1 Å². The van der Waals surface area contributed by atoms with Crippen LogP contribution in [0.25, 0.3) is 0 Å². The Bertz CT molecular complexity index is 563. The number of methoxy groups -OCH3 is 1. The largest absolute Gasteiger partial charge is 0.496 e. The summed E-state index contributed by atoms with van der Waals surface area (Å²) >= 11 is 3.38. The summed E-state index contributed by atoms with van der Waals surface area (Å²) in [5, 5.41) is 8.82. The lowest BCUT2D eigenvalue weighted by atomic mass is 10.1. The fourth-order valence-electron chi connectivity index (χ4n) is 2.42. The van der Waals surface area contributed by atoms with E-state index in [0.29, 0.717) is 25.4 Å². The quantitative estimate of drug-likeness (QED) is 0.852. The van der Waals surface area contributed by atoms with Gasteiger partial charge in [-0.3, -0.25) is 9.59 Å². The summed E-state index contributed by atoms with van der Waals surface area (Å²) in [6, 6.07) is 5.51. The van der Waals surface area contributed by atoms with Crippen LogP contribution < -0.4 is 4.74 Å². The van der Waals surface area contributed by atoms with Gasteiger partial charge >= 0.3 is 5.97 Å². The molecule has 1 unspecified atom stereocenters. The summed E-state index contributed by atoms with van der Waals surface area (Å²) in [7, 11) is 1.56. The monoisotopic (exact) mass is 371 g/mol. The first kappa shape index (κ1) is 16.8. The van der Waals surface area contributed by atoms with E-state index in [0.717, 1.165) is 10.0 Å². The van der Waals surface area contributed by atoms with Gasteiger partial charge < -0.3 is 19.5 Å². The van der Waals surface area contributed by atoms with Crippen LogP contribution >= 0.6 is 15.9 Å². The normalized spacial score (nSPS) is 18.1. The van der Waals surface area contributed by atoms with Crippen LogP contribution in [0.1, 0.15) is 12.0 Å². The summed E-state index contributed by atoms with van der Waals surface area (Å²) in [4.78, 5) is 24.8. The van der Waals surface area contributed by atoms with Crippen LogP contribution in [0.15, 0.2) is 22.7 Å². The Balaban J connectivity index is 2.02. The van der Waals surface area contributed by atoms with Crippen LogP contribution in [0.5, 0.6) is 5.75 Å². The van der Waals surface area contributed by atoms with Crippen molar-refractivity contribution < 1.29 is 24.2 Å². The van der Waals surface area contributed by atoms with E-state index in [4.69, 9.17) is 14.6 Å². The maximum Gasteiger partial charge on any atom is 0.306 e. The molecule has 0 aromatic heterocycles. The number of amides is 1. The molecular formula is C15H18BrNO5. The molecule has 2 rings (SSSR count). The van der Waals surface area contributed by atoms with Gasteiger partial charge in [0, 0.05) is 23.1 Å². The van der Waals surface area contributed by atoms with Gasteiger partial charge in [0.05, 0.1) is 32.7 Å². The summed E-state index contributed by atoms with van der Waals surface area (Å²) in [5.74, 6) is -0.324. The molecule has 0 spiro atoms. The lowest BCUT2D eigenvalue weighted by Gasteiger charge is -2.32. The molecule has 120 valence electrons. The standard InChI is InChI=1S/C15H18BrNO5/c1-21-13-3-2-11(16)6-10(13)7-14(18)17-4-5-22-12(9-17)8-15(19)20/h2-3,6,12H,4-5,7-9H2,1H3,(H,19,20). The van der Waals surface area contributed by atoms with Gasteiger partial charge in [0.2, 0.25) is 5.91 Å². The highest BCUT2D eigenvalue weighted by Crippen LogP contribution is 2.24. The number of nitrogens with zero attached hydrogens (tertiary/aromatic N) is 1. The first-order valence-electron chi connectivity index (χ1n) is 6.93. The zero-order valence-corrected chi connectivity index (χ0v) is 13.8. The number of carbonyl (C=O) groups is 2. The van der Waals surface area contributed by atoms with Gasteiger partial charge in [0.15, 0.2) is 0 Å². The number of carbonyl (C=O) groups excluding carboxylic acids is 1. The first-order chi connectivity index (χ1) is 10.5. The molecule has 1 aliphatic rings. The molecule has 0 radical (unpaired) electrons. The molecule has 1 fully saturated rings. The highest BCUT2D eigenvalue weighted by atomic mass is 79.9. The fraction of sp³-hybridized carbons (Fsp3) is 0.467. The molecule has 1 heterocycles. The van der Waals surface area contributed by atoms with E-state index in [-0.39, 0.29) is 18.7 Å². The average Bonchev–Trinajstić information content (AvgIpc) is 2.47. The van der Waals surface area contributed by atoms with E-state index in [1.165, 1.54) is 0 Å². The minimum atomic E-state index is -0.923. The molecule has 22 heavy (non-hydrogen) atoms. The van der Waals surface area contributed by atoms with Crippen LogP contribution in [0, 0.1) is 0 Å². The third-order valence-corrected chi connectivity index (χ3v) is 3.97. The fourth-order valence-corrected chi connectivity index (χ4v) is 2.83. The van der Waals surface area contributed by atoms with Crippen molar-refractivity contribution in [1.29, 1.82) is 0 Å². The van der Waals surface area contributed by atoms with Gasteiger partial charge in [-0.25, -0.2) is 0 Å². The van der Waals surface area contributed by atoms with Gasteiger partial charge in [0.25, 0.3) is 0 Å². The molecule has 1 N–H and O–H groups in total. The van der Waals surface area contributed by atoms with Crippen LogP contribution in [0.2, 0.25) is 0 Å². The Kier molecular flexibility index (Phi) is 5.79. The zero-order valence-electron chi connectivity index (χ0n) is 12.3. The van der Waals surface area contributed by atoms with Gasteiger partial charge in [-0.1, -0.05) is 15.9 Å². The van der Waals surface area contributed by atoms with E-state index in [1.807, 2.05) is 12.1 Å². The topological polar surface area (TPSA) is 76.1 Å². The molecule has 1 aromatic rings. The van der Waals surface area contributed by atoms with Crippen molar-refractivity contribution >= 4 is 27.8 Å². The molecule has 0 bridgehead atoms. The number of aliphatic carboxylic acids is 1. The Morgan fingerprint density at radius 1 is 1.50 bits per heavy atom. The molecular weight excluding hydrogens is 354 g/mol. The number of carboxylic acids is 1. The Morgan fingerprint density at radius 2 is 2.27 bits per heavy atom. The van der Waals surface area contributed by atoms with Crippen LogP contribution in [-0.2, 0) is 20.7 Å². The van der Waals surface area contributed by atoms with E-state index < -0.39 is 12.1 Å². The number of benzene rings is 1. The summed E-state index contributed by atoms with van der Waals surface area (Å²) in [6.45, 7) is 1.14.